The van der Waals surface area contributed by atoms with Crippen LogP contribution in [0.4, 0.5) is 0 Å². The molecule has 2 rings (SSSR count). The standard InChI is InChI=1S/C17H27N3OS.HI/c1-12(10-19-17(18-3)20-14-9-13(14)2)11-22-16-8-6-5-7-15(16)21-4;/h5-8,12-14H,9-11H2,1-4H3,(H2,18,19,20);1H. The van der Waals surface area contributed by atoms with Crippen LogP contribution in [0.3, 0.4) is 0 Å². The van der Waals surface area contributed by atoms with E-state index in [4.69, 9.17) is 4.74 Å². The van der Waals surface area contributed by atoms with E-state index in [-0.39, 0.29) is 24.0 Å². The number of rotatable bonds is 7. The summed E-state index contributed by atoms with van der Waals surface area (Å²) in [4.78, 5) is 5.49. The van der Waals surface area contributed by atoms with Gasteiger partial charge in [-0.25, -0.2) is 0 Å². The van der Waals surface area contributed by atoms with Crippen molar-refractivity contribution >= 4 is 41.7 Å². The van der Waals surface area contributed by atoms with Gasteiger partial charge in [0.2, 0.25) is 0 Å². The molecule has 2 N–H and O–H groups in total. The lowest BCUT2D eigenvalue weighted by molar-refractivity contribution is 0.405. The van der Waals surface area contributed by atoms with E-state index in [0.29, 0.717) is 12.0 Å². The maximum absolute atomic E-state index is 5.39. The number of nitrogens with zero attached hydrogens (tertiary/aromatic N) is 1. The second-order valence-corrected chi connectivity index (χ2v) is 7.05. The van der Waals surface area contributed by atoms with Crippen LogP contribution >= 0.6 is 35.7 Å². The third-order valence-electron chi connectivity index (χ3n) is 3.87. The number of aliphatic imine (C=N–C) groups is 1. The van der Waals surface area contributed by atoms with Gasteiger partial charge < -0.3 is 15.4 Å². The van der Waals surface area contributed by atoms with Gasteiger partial charge in [-0.15, -0.1) is 35.7 Å². The Hall–Kier alpha value is -0.630. The van der Waals surface area contributed by atoms with Gasteiger partial charge in [0.15, 0.2) is 5.96 Å². The largest absolute Gasteiger partial charge is 0.496 e. The van der Waals surface area contributed by atoms with E-state index in [1.54, 1.807) is 7.11 Å². The molecule has 6 heteroatoms. The fraction of sp³-hybridized carbons (Fsp3) is 0.588. The third kappa shape index (κ3) is 6.79. The third-order valence-corrected chi connectivity index (χ3v) is 5.25. The summed E-state index contributed by atoms with van der Waals surface area (Å²) in [6.07, 6.45) is 1.25. The molecule has 130 valence electrons. The number of para-hydroxylation sites is 1. The van der Waals surface area contributed by atoms with Crippen LogP contribution in [0.15, 0.2) is 34.2 Å². The van der Waals surface area contributed by atoms with Crippen LogP contribution < -0.4 is 15.4 Å². The zero-order valence-corrected chi connectivity index (χ0v) is 17.5. The molecule has 4 nitrogen and oxygen atoms in total. The van der Waals surface area contributed by atoms with Crippen molar-refractivity contribution in [2.24, 2.45) is 16.8 Å². The molecular weight excluding hydrogens is 421 g/mol. The fourth-order valence-corrected chi connectivity index (χ4v) is 3.24. The zero-order chi connectivity index (χ0) is 15.9. The van der Waals surface area contributed by atoms with Crippen molar-refractivity contribution in [1.29, 1.82) is 0 Å². The van der Waals surface area contributed by atoms with Gasteiger partial charge in [-0.05, 0) is 30.4 Å². The Morgan fingerprint density at radius 1 is 1.43 bits per heavy atom. The highest BCUT2D eigenvalue weighted by atomic mass is 127. The SMILES string of the molecule is CN=C(NCC(C)CSc1ccccc1OC)NC1CC1C.I. The van der Waals surface area contributed by atoms with Gasteiger partial charge in [0.1, 0.15) is 5.75 Å². The summed E-state index contributed by atoms with van der Waals surface area (Å²) in [6, 6.07) is 8.77. The Morgan fingerprint density at radius 2 is 2.13 bits per heavy atom. The lowest BCUT2D eigenvalue weighted by Gasteiger charge is -2.16. The number of methoxy groups -OCH3 is 1. The highest BCUT2D eigenvalue weighted by molar-refractivity contribution is 14.0. The molecule has 0 aromatic heterocycles. The van der Waals surface area contributed by atoms with Crippen molar-refractivity contribution in [3.63, 3.8) is 0 Å². The molecule has 1 aliphatic carbocycles. The van der Waals surface area contributed by atoms with Crippen LogP contribution in [0, 0.1) is 11.8 Å². The Balaban J connectivity index is 0.00000264. The van der Waals surface area contributed by atoms with E-state index < -0.39 is 0 Å². The van der Waals surface area contributed by atoms with Crippen molar-refractivity contribution in [2.45, 2.75) is 31.2 Å². The maximum atomic E-state index is 5.39. The van der Waals surface area contributed by atoms with Crippen LogP contribution in [0.1, 0.15) is 20.3 Å². The number of hydrogen-bond acceptors (Lipinski definition) is 3. The van der Waals surface area contributed by atoms with Crippen molar-refractivity contribution in [2.75, 3.05) is 26.5 Å². The predicted octanol–water partition coefficient (Wildman–Crippen LogP) is 3.61. The van der Waals surface area contributed by atoms with Crippen LogP contribution in [-0.4, -0.2) is 38.5 Å². The zero-order valence-electron chi connectivity index (χ0n) is 14.3. The van der Waals surface area contributed by atoms with Crippen molar-refractivity contribution in [3.05, 3.63) is 24.3 Å². The molecule has 1 aromatic rings. The molecule has 0 heterocycles. The first-order valence-electron chi connectivity index (χ1n) is 7.87. The summed E-state index contributed by atoms with van der Waals surface area (Å²) in [7, 11) is 3.55. The first-order chi connectivity index (χ1) is 10.6. The molecule has 3 unspecified atom stereocenters. The molecule has 0 spiro atoms. The Bertz CT molecular complexity index is 512. The van der Waals surface area contributed by atoms with Crippen LogP contribution in [0.25, 0.3) is 0 Å². The Morgan fingerprint density at radius 3 is 2.74 bits per heavy atom. The highest BCUT2D eigenvalue weighted by Gasteiger charge is 2.33. The van der Waals surface area contributed by atoms with Gasteiger partial charge in [-0.1, -0.05) is 26.0 Å². The van der Waals surface area contributed by atoms with Crippen molar-refractivity contribution in [1.82, 2.24) is 10.6 Å². The van der Waals surface area contributed by atoms with Gasteiger partial charge in [-0.2, -0.15) is 0 Å². The number of halogens is 1. The monoisotopic (exact) mass is 449 g/mol. The first-order valence-corrected chi connectivity index (χ1v) is 8.85. The average molecular weight is 449 g/mol. The molecule has 1 saturated carbocycles. The molecule has 0 saturated heterocycles. The summed E-state index contributed by atoms with van der Waals surface area (Å²) < 4.78 is 5.39. The van der Waals surface area contributed by atoms with Gasteiger partial charge in [-0.3, -0.25) is 4.99 Å². The lowest BCUT2D eigenvalue weighted by Crippen LogP contribution is -2.41. The summed E-state index contributed by atoms with van der Waals surface area (Å²) >= 11 is 1.84. The minimum absolute atomic E-state index is 0. The van der Waals surface area contributed by atoms with Crippen molar-refractivity contribution in [3.8, 4) is 5.75 Å². The van der Waals surface area contributed by atoms with Gasteiger partial charge in [0.05, 0.1) is 7.11 Å². The van der Waals surface area contributed by atoms with Crippen LogP contribution in [-0.2, 0) is 0 Å². The number of nitrogens with one attached hydrogen (secondary N) is 2. The molecule has 0 radical (unpaired) electrons. The van der Waals surface area contributed by atoms with E-state index in [0.717, 1.165) is 29.9 Å². The molecule has 1 fully saturated rings. The maximum Gasteiger partial charge on any atom is 0.191 e. The molecule has 0 aliphatic heterocycles. The van der Waals surface area contributed by atoms with Crippen LogP contribution in [0.2, 0.25) is 0 Å². The summed E-state index contributed by atoms with van der Waals surface area (Å²) in [5.74, 6) is 4.24. The van der Waals surface area contributed by atoms with E-state index in [1.165, 1.54) is 11.3 Å². The van der Waals surface area contributed by atoms with Gasteiger partial charge in [0.25, 0.3) is 0 Å². The topological polar surface area (TPSA) is 45.7 Å². The van der Waals surface area contributed by atoms with E-state index in [9.17, 15) is 0 Å². The fourth-order valence-electron chi connectivity index (χ4n) is 2.19. The average Bonchev–Trinajstić information content (AvgIpc) is 3.24. The molecule has 3 atom stereocenters. The minimum atomic E-state index is 0. The lowest BCUT2D eigenvalue weighted by atomic mass is 10.2. The first kappa shape index (κ1) is 20.4. The molecular formula is C17H28IN3OS. The summed E-state index contributed by atoms with van der Waals surface area (Å²) in [5, 5.41) is 6.87. The normalized spacial score (nSPS) is 21.1. The Labute approximate surface area is 161 Å². The molecule has 23 heavy (non-hydrogen) atoms. The molecule has 1 aliphatic rings. The second-order valence-electron chi connectivity index (χ2n) is 5.98. The quantitative estimate of drug-likeness (QED) is 0.289. The number of thioether (sulfide) groups is 1. The summed E-state index contributed by atoms with van der Waals surface area (Å²) in [5.41, 5.74) is 0. The van der Waals surface area contributed by atoms with Gasteiger partial charge >= 0.3 is 0 Å². The van der Waals surface area contributed by atoms with Gasteiger partial charge in [0, 0.05) is 30.3 Å². The summed E-state index contributed by atoms with van der Waals surface area (Å²) in [6.45, 7) is 5.43. The smallest absolute Gasteiger partial charge is 0.191 e. The Kier molecular flexibility index (Phi) is 9.12. The van der Waals surface area contributed by atoms with Crippen LogP contribution in [0.5, 0.6) is 5.75 Å². The number of hydrogen-bond donors (Lipinski definition) is 2. The predicted molar refractivity (Wildman–Crippen MR) is 110 cm³/mol. The second kappa shape index (κ2) is 10.3. The van der Waals surface area contributed by atoms with E-state index in [2.05, 4.69) is 41.6 Å². The number of ether oxygens (including phenoxy) is 1. The van der Waals surface area contributed by atoms with E-state index >= 15 is 0 Å². The molecule has 0 bridgehead atoms. The number of benzene rings is 1. The van der Waals surface area contributed by atoms with Crippen molar-refractivity contribution < 1.29 is 4.74 Å². The number of guanidine groups is 1. The molecule has 0 amide bonds. The highest BCUT2D eigenvalue weighted by Crippen LogP contribution is 2.30. The molecule has 1 aromatic carbocycles. The van der Waals surface area contributed by atoms with E-state index in [1.807, 2.05) is 30.9 Å². The minimum Gasteiger partial charge on any atom is -0.496 e.